The maximum Gasteiger partial charge on any atom is 0.307 e. The van der Waals surface area contributed by atoms with Crippen molar-refractivity contribution in [1.29, 1.82) is 0 Å². The topological polar surface area (TPSA) is 106 Å². The fraction of sp³-hybridized carbons (Fsp3) is 0.562. The molecule has 0 atom stereocenters. The third-order valence-electron chi connectivity index (χ3n) is 4.03. The molecule has 25 heavy (non-hydrogen) atoms. The Kier molecular flexibility index (Phi) is 6.89. The van der Waals surface area contributed by atoms with Crippen molar-refractivity contribution in [3.8, 4) is 0 Å². The van der Waals surface area contributed by atoms with Crippen molar-refractivity contribution in [3.63, 3.8) is 0 Å². The Morgan fingerprint density at radius 1 is 1.36 bits per heavy atom. The van der Waals surface area contributed by atoms with Crippen molar-refractivity contribution < 1.29 is 22.7 Å². The van der Waals surface area contributed by atoms with Crippen LogP contribution in [-0.2, 0) is 24.3 Å². The molecule has 0 aliphatic carbocycles. The number of aromatic nitrogens is 1. The zero-order chi connectivity index (χ0) is 18.3. The Hall–Kier alpha value is -2.00. The van der Waals surface area contributed by atoms with E-state index in [1.807, 2.05) is 0 Å². The van der Waals surface area contributed by atoms with Gasteiger partial charge in [0.2, 0.25) is 15.9 Å². The van der Waals surface area contributed by atoms with Crippen LogP contribution in [0.2, 0.25) is 0 Å². The summed E-state index contributed by atoms with van der Waals surface area (Å²) >= 11 is 0. The number of nitrogens with zero attached hydrogens (tertiary/aromatic N) is 2. The van der Waals surface area contributed by atoms with E-state index in [0.29, 0.717) is 19.4 Å². The fourth-order valence-electron chi connectivity index (χ4n) is 2.67. The normalized spacial score (nSPS) is 16.4. The van der Waals surface area contributed by atoms with Gasteiger partial charge in [-0.05, 0) is 31.9 Å². The number of hydrogen-bond acceptors (Lipinski definition) is 6. The summed E-state index contributed by atoms with van der Waals surface area (Å²) < 4.78 is 31.2. The van der Waals surface area contributed by atoms with Crippen LogP contribution in [-0.4, -0.2) is 55.8 Å². The highest BCUT2D eigenvalue weighted by Gasteiger charge is 2.32. The number of carbonyl (C=O) groups excluding carboxylic acids is 2. The van der Waals surface area contributed by atoms with Crippen molar-refractivity contribution in [2.24, 2.45) is 5.92 Å². The molecular weight excluding hydrogens is 346 g/mol. The Morgan fingerprint density at radius 2 is 2.08 bits per heavy atom. The maximum absolute atomic E-state index is 12.5. The smallest absolute Gasteiger partial charge is 0.307 e. The lowest BCUT2D eigenvalue weighted by atomic mass is 9.97. The molecule has 2 heterocycles. The number of hydrogen-bond donors (Lipinski definition) is 1. The summed E-state index contributed by atoms with van der Waals surface area (Å²) in [6.07, 6.45) is 3.87. The monoisotopic (exact) mass is 369 g/mol. The molecule has 0 bridgehead atoms. The minimum absolute atomic E-state index is 0.133. The number of sulfonamides is 1. The molecule has 0 aromatic carbocycles. The number of piperidine rings is 1. The summed E-state index contributed by atoms with van der Waals surface area (Å²) in [5.74, 6) is -0.745. The van der Waals surface area contributed by atoms with Crippen LogP contribution in [0, 0.1) is 5.92 Å². The first kappa shape index (κ1) is 19.3. The van der Waals surface area contributed by atoms with Crippen molar-refractivity contribution in [1.82, 2.24) is 14.6 Å². The fourth-order valence-corrected chi connectivity index (χ4v) is 4.11. The Labute approximate surface area is 147 Å². The van der Waals surface area contributed by atoms with Crippen LogP contribution in [0.3, 0.4) is 0 Å². The van der Waals surface area contributed by atoms with E-state index in [2.05, 4.69) is 10.3 Å². The molecule has 138 valence electrons. The highest BCUT2D eigenvalue weighted by molar-refractivity contribution is 7.89. The second-order valence-corrected chi connectivity index (χ2v) is 7.65. The second kappa shape index (κ2) is 8.91. The van der Waals surface area contributed by atoms with Gasteiger partial charge in [0.1, 0.15) is 4.90 Å². The van der Waals surface area contributed by atoms with Crippen LogP contribution in [0.25, 0.3) is 0 Å². The van der Waals surface area contributed by atoms with Gasteiger partial charge in [0.25, 0.3) is 0 Å². The van der Waals surface area contributed by atoms with E-state index in [9.17, 15) is 18.0 Å². The van der Waals surface area contributed by atoms with E-state index in [-0.39, 0.29) is 48.7 Å². The first-order chi connectivity index (χ1) is 11.9. The molecule has 9 heteroatoms. The van der Waals surface area contributed by atoms with Crippen LogP contribution in [0.4, 0.5) is 0 Å². The number of ether oxygens (including phenoxy) is 1. The van der Waals surface area contributed by atoms with Crippen LogP contribution < -0.4 is 5.32 Å². The second-order valence-electron chi connectivity index (χ2n) is 5.71. The molecule has 8 nitrogen and oxygen atoms in total. The molecule has 1 N–H and O–H groups in total. The number of amides is 1. The zero-order valence-corrected chi connectivity index (χ0v) is 15.0. The van der Waals surface area contributed by atoms with Crippen LogP contribution in [0.15, 0.2) is 29.4 Å². The number of nitrogens with one attached hydrogen (secondary N) is 1. The van der Waals surface area contributed by atoms with Gasteiger partial charge in [-0.2, -0.15) is 4.31 Å². The van der Waals surface area contributed by atoms with Crippen LogP contribution in [0.5, 0.6) is 0 Å². The van der Waals surface area contributed by atoms with Crippen LogP contribution >= 0.6 is 0 Å². The van der Waals surface area contributed by atoms with Gasteiger partial charge in [-0.15, -0.1) is 0 Å². The number of pyridine rings is 1. The SMILES string of the molecule is CCOC(=O)CCNC(=O)C1CCN(S(=O)(=O)c2cccnc2)CC1. The minimum Gasteiger partial charge on any atom is -0.466 e. The largest absolute Gasteiger partial charge is 0.466 e. The Bertz CT molecular complexity index is 685. The average molecular weight is 369 g/mol. The first-order valence-corrected chi connectivity index (χ1v) is 9.72. The third-order valence-corrected chi connectivity index (χ3v) is 5.91. The minimum atomic E-state index is -3.57. The molecule has 1 aromatic rings. The summed E-state index contributed by atoms with van der Waals surface area (Å²) in [5.41, 5.74) is 0. The number of esters is 1. The van der Waals surface area contributed by atoms with Gasteiger partial charge in [0, 0.05) is 37.9 Å². The third kappa shape index (κ3) is 5.23. The van der Waals surface area contributed by atoms with Gasteiger partial charge in [0.15, 0.2) is 0 Å². The standard InChI is InChI=1S/C16H23N3O5S/c1-2-24-15(20)5-9-18-16(21)13-6-10-19(11-7-13)25(22,23)14-4-3-8-17-12-14/h3-4,8,12-13H,2,5-7,9-11H2,1H3,(H,18,21). The molecule has 1 saturated heterocycles. The molecule has 0 saturated carbocycles. The van der Waals surface area contributed by atoms with Crippen molar-refractivity contribution in [2.75, 3.05) is 26.2 Å². The van der Waals surface area contributed by atoms with E-state index in [1.54, 1.807) is 13.0 Å². The highest BCUT2D eigenvalue weighted by Crippen LogP contribution is 2.23. The summed E-state index contributed by atoms with van der Waals surface area (Å²) in [7, 11) is -3.57. The Morgan fingerprint density at radius 3 is 2.68 bits per heavy atom. The lowest BCUT2D eigenvalue weighted by molar-refractivity contribution is -0.143. The molecule has 0 unspecified atom stereocenters. The highest BCUT2D eigenvalue weighted by atomic mass is 32.2. The number of carbonyl (C=O) groups is 2. The van der Waals surface area contributed by atoms with Gasteiger partial charge in [0.05, 0.1) is 13.0 Å². The molecule has 1 amide bonds. The zero-order valence-electron chi connectivity index (χ0n) is 14.2. The van der Waals surface area contributed by atoms with Crippen LogP contribution in [0.1, 0.15) is 26.2 Å². The quantitative estimate of drug-likeness (QED) is 0.704. The van der Waals surface area contributed by atoms with Gasteiger partial charge in [-0.3, -0.25) is 14.6 Å². The average Bonchev–Trinajstić information content (AvgIpc) is 2.62. The lowest BCUT2D eigenvalue weighted by Gasteiger charge is -2.30. The van der Waals surface area contributed by atoms with Gasteiger partial charge in [-0.1, -0.05) is 0 Å². The summed E-state index contributed by atoms with van der Waals surface area (Å²) in [6, 6.07) is 3.09. The molecule has 1 fully saturated rings. The molecule has 2 rings (SSSR count). The lowest BCUT2D eigenvalue weighted by Crippen LogP contribution is -2.43. The molecule has 1 aliphatic rings. The summed E-state index contributed by atoms with van der Waals surface area (Å²) in [4.78, 5) is 27.4. The van der Waals surface area contributed by atoms with E-state index in [0.717, 1.165) is 0 Å². The van der Waals surface area contributed by atoms with Gasteiger partial charge < -0.3 is 10.1 Å². The summed E-state index contributed by atoms with van der Waals surface area (Å²) in [6.45, 7) is 2.84. The van der Waals surface area contributed by atoms with E-state index in [1.165, 1.54) is 22.8 Å². The van der Waals surface area contributed by atoms with Crippen molar-refractivity contribution in [3.05, 3.63) is 24.5 Å². The first-order valence-electron chi connectivity index (χ1n) is 8.28. The molecule has 0 radical (unpaired) electrons. The van der Waals surface area contributed by atoms with E-state index >= 15 is 0 Å². The predicted octanol–water partition coefficient (Wildman–Crippen LogP) is 0.552. The van der Waals surface area contributed by atoms with Crippen molar-refractivity contribution >= 4 is 21.9 Å². The summed E-state index contributed by atoms with van der Waals surface area (Å²) in [5, 5.41) is 2.71. The maximum atomic E-state index is 12.5. The van der Waals surface area contributed by atoms with Gasteiger partial charge in [-0.25, -0.2) is 8.42 Å². The van der Waals surface area contributed by atoms with E-state index < -0.39 is 10.0 Å². The number of rotatable bonds is 7. The van der Waals surface area contributed by atoms with Crippen molar-refractivity contribution in [2.45, 2.75) is 31.1 Å². The molecule has 1 aromatic heterocycles. The molecular formula is C16H23N3O5S. The Balaban J connectivity index is 1.81. The predicted molar refractivity (Wildman–Crippen MR) is 90.0 cm³/mol. The molecule has 0 spiro atoms. The van der Waals surface area contributed by atoms with E-state index in [4.69, 9.17) is 4.74 Å². The molecule has 1 aliphatic heterocycles. The van der Waals surface area contributed by atoms with Gasteiger partial charge >= 0.3 is 5.97 Å².